The predicted octanol–water partition coefficient (Wildman–Crippen LogP) is 3.13. The lowest BCUT2D eigenvalue weighted by Gasteiger charge is -2.11. The quantitative estimate of drug-likeness (QED) is 0.445. The van der Waals surface area contributed by atoms with Gasteiger partial charge in [0, 0.05) is 5.56 Å². The summed E-state index contributed by atoms with van der Waals surface area (Å²) in [6.45, 7) is 6.57. The maximum absolute atomic E-state index is 12.2. The fraction of sp³-hybridized carbons (Fsp3) is 0.348. The van der Waals surface area contributed by atoms with Crippen molar-refractivity contribution in [3.63, 3.8) is 0 Å². The number of amides is 2. The molecule has 0 unspecified atom stereocenters. The summed E-state index contributed by atoms with van der Waals surface area (Å²) < 4.78 is 16.0. The van der Waals surface area contributed by atoms with Gasteiger partial charge in [0.15, 0.2) is 6.61 Å². The second kappa shape index (κ2) is 12.2. The summed E-state index contributed by atoms with van der Waals surface area (Å²) in [7, 11) is 0. The van der Waals surface area contributed by atoms with Gasteiger partial charge in [-0.2, -0.15) is 0 Å². The van der Waals surface area contributed by atoms with Crippen molar-refractivity contribution in [3.8, 4) is 11.5 Å². The highest BCUT2D eigenvalue weighted by Gasteiger charge is 2.10. The van der Waals surface area contributed by atoms with Crippen LogP contribution in [0.25, 0.3) is 0 Å². The lowest BCUT2D eigenvalue weighted by molar-refractivity contribution is -0.123. The van der Waals surface area contributed by atoms with Gasteiger partial charge in [-0.15, -0.1) is 0 Å². The average Bonchev–Trinajstić information content (AvgIpc) is 2.78. The Balaban J connectivity index is 1.77. The van der Waals surface area contributed by atoms with E-state index in [-0.39, 0.29) is 6.61 Å². The number of hydrazine groups is 1. The Labute approximate surface area is 181 Å². The Morgan fingerprint density at radius 1 is 0.903 bits per heavy atom. The van der Waals surface area contributed by atoms with Crippen molar-refractivity contribution < 1.29 is 28.6 Å². The molecule has 0 spiro atoms. The first-order chi connectivity index (χ1) is 14.9. The molecule has 2 N–H and O–H groups in total. The summed E-state index contributed by atoms with van der Waals surface area (Å²) in [6.07, 6.45) is 0.746. The molecule has 0 fully saturated rings. The summed E-state index contributed by atoms with van der Waals surface area (Å²) >= 11 is 0. The first kappa shape index (κ1) is 23.7. The molecule has 2 aromatic carbocycles. The predicted molar refractivity (Wildman–Crippen MR) is 115 cm³/mol. The summed E-state index contributed by atoms with van der Waals surface area (Å²) in [5.41, 5.74) is 5.39. The van der Waals surface area contributed by atoms with E-state index < -0.39 is 17.8 Å². The zero-order valence-corrected chi connectivity index (χ0v) is 18.0. The number of ether oxygens (including phenoxy) is 3. The molecule has 31 heavy (non-hydrogen) atoms. The largest absolute Gasteiger partial charge is 0.493 e. The number of benzene rings is 2. The molecule has 0 aromatic heterocycles. The van der Waals surface area contributed by atoms with Crippen LogP contribution in [0.4, 0.5) is 0 Å². The molecule has 0 aliphatic rings. The van der Waals surface area contributed by atoms with Gasteiger partial charge in [0.05, 0.1) is 18.8 Å². The molecule has 0 aliphatic heterocycles. The number of carbonyl (C=O) groups is 3. The van der Waals surface area contributed by atoms with Crippen LogP contribution < -0.4 is 20.3 Å². The number of hydrogen-bond donors (Lipinski definition) is 2. The van der Waals surface area contributed by atoms with Gasteiger partial charge in [-0.25, -0.2) is 4.79 Å². The van der Waals surface area contributed by atoms with Crippen LogP contribution in [-0.4, -0.2) is 37.6 Å². The number of esters is 1. The molecule has 2 rings (SSSR count). The SMILES string of the molecule is CCCOC(=O)c1ccc(OCC(=O)NNC(=O)c2cccc(OCC(C)C)c2)cc1. The lowest BCUT2D eigenvalue weighted by Crippen LogP contribution is -2.43. The van der Waals surface area contributed by atoms with Crippen molar-refractivity contribution in [2.45, 2.75) is 27.2 Å². The second-order valence-electron chi connectivity index (χ2n) is 7.18. The van der Waals surface area contributed by atoms with Crippen molar-refractivity contribution >= 4 is 17.8 Å². The average molecular weight is 428 g/mol. The first-order valence-corrected chi connectivity index (χ1v) is 10.1. The highest BCUT2D eigenvalue weighted by Crippen LogP contribution is 2.15. The zero-order valence-electron chi connectivity index (χ0n) is 18.0. The molecule has 0 bridgehead atoms. The Kier molecular flexibility index (Phi) is 9.35. The highest BCUT2D eigenvalue weighted by atomic mass is 16.5. The van der Waals surface area contributed by atoms with Crippen molar-refractivity contribution in [1.29, 1.82) is 0 Å². The van der Waals surface area contributed by atoms with Gasteiger partial charge in [-0.3, -0.25) is 20.4 Å². The molecule has 2 aromatic rings. The molecule has 0 saturated heterocycles. The summed E-state index contributed by atoms with van der Waals surface area (Å²) in [6, 6.07) is 12.9. The number of hydrogen-bond acceptors (Lipinski definition) is 6. The molecular formula is C23H28N2O6. The Morgan fingerprint density at radius 2 is 1.65 bits per heavy atom. The number of carbonyl (C=O) groups excluding carboxylic acids is 3. The molecular weight excluding hydrogens is 400 g/mol. The van der Waals surface area contributed by atoms with E-state index in [0.29, 0.717) is 41.8 Å². The molecule has 8 heteroatoms. The van der Waals surface area contributed by atoms with Gasteiger partial charge in [-0.05, 0) is 54.8 Å². The van der Waals surface area contributed by atoms with Gasteiger partial charge >= 0.3 is 5.97 Å². The third kappa shape index (κ3) is 8.38. The van der Waals surface area contributed by atoms with E-state index in [1.54, 1.807) is 48.5 Å². The Bertz CT molecular complexity index is 880. The minimum absolute atomic E-state index is 0.308. The van der Waals surface area contributed by atoms with Crippen molar-refractivity contribution in [2.75, 3.05) is 19.8 Å². The maximum atomic E-state index is 12.2. The standard InChI is InChI=1S/C23H28N2O6/c1-4-12-29-23(28)17-8-10-19(11-9-17)31-15-21(26)24-25-22(27)18-6-5-7-20(13-18)30-14-16(2)3/h5-11,13,16H,4,12,14-15H2,1-3H3,(H,24,26)(H,25,27). The molecule has 0 heterocycles. The third-order valence-electron chi connectivity index (χ3n) is 3.89. The van der Waals surface area contributed by atoms with E-state index in [1.807, 2.05) is 20.8 Å². The fourth-order valence-corrected chi connectivity index (χ4v) is 2.34. The van der Waals surface area contributed by atoms with Crippen molar-refractivity contribution in [3.05, 3.63) is 59.7 Å². The maximum Gasteiger partial charge on any atom is 0.338 e. The van der Waals surface area contributed by atoms with Crippen LogP contribution in [-0.2, 0) is 9.53 Å². The van der Waals surface area contributed by atoms with Crippen LogP contribution in [0.2, 0.25) is 0 Å². The summed E-state index contributed by atoms with van der Waals surface area (Å²) in [5, 5.41) is 0. The third-order valence-corrected chi connectivity index (χ3v) is 3.89. The molecule has 0 atom stereocenters. The summed E-state index contributed by atoms with van der Waals surface area (Å²) in [4.78, 5) is 35.9. The van der Waals surface area contributed by atoms with E-state index in [4.69, 9.17) is 14.2 Å². The van der Waals surface area contributed by atoms with E-state index >= 15 is 0 Å². The fourth-order valence-electron chi connectivity index (χ4n) is 2.34. The van der Waals surface area contributed by atoms with Crippen LogP contribution in [0, 0.1) is 5.92 Å². The highest BCUT2D eigenvalue weighted by molar-refractivity contribution is 5.95. The van der Waals surface area contributed by atoms with Crippen LogP contribution in [0.5, 0.6) is 11.5 Å². The van der Waals surface area contributed by atoms with Crippen LogP contribution in [0.15, 0.2) is 48.5 Å². The van der Waals surface area contributed by atoms with Crippen LogP contribution >= 0.6 is 0 Å². The smallest absolute Gasteiger partial charge is 0.338 e. The summed E-state index contributed by atoms with van der Waals surface area (Å²) in [5.74, 6) is -0.0674. The first-order valence-electron chi connectivity index (χ1n) is 10.1. The van der Waals surface area contributed by atoms with E-state index in [0.717, 1.165) is 6.42 Å². The molecule has 166 valence electrons. The minimum Gasteiger partial charge on any atom is -0.493 e. The van der Waals surface area contributed by atoms with Gasteiger partial charge in [0.1, 0.15) is 11.5 Å². The van der Waals surface area contributed by atoms with Gasteiger partial charge in [-0.1, -0.05) is 26.8 Å². The Morgan fingerprint density at radius 3 is 2.32 bits per heavy atom. The number of nitrogens with one attached hydrogen (secondary N) is 2. The van der Waals surface area contributed by atoms with Gasteiger partial charge in [0.2, 0.25) is 0 Å². The lowest BCUT2D eigenvalue weighted by atomic mass is 10.2. The molecule has 8 nitrogen and oxygen atoms in total. The second-order valence-corrected chi connectivity index (χ2v) is 7.18. The van der Waals surface area contributed by atoms with E-state index in [2.05, 4.69) is 10.9 Å². The van der Waals surface area contributed by atoms with Crippen LogP contribution in [0.3, 0.4) is 0 Å². The number of rotatable bonds is 10. The van der Waals surface area contributed by atoms with E-state index in [9.17, 15) is 14.4 Å². The monoisotopic (exact) mass is 428 g/mol. The molecule has 0 saturated carbocycles. The minimum atomic E-state index is -0.535. The topological polar surface area (TPSA) is 103 Å². The van der Waals surface area contributed by atoms with Crippen molar-refractivity contribution in [2.24, 2.45) is 5.92 Å². The Hall–Kier alpha value is -3.55. The normalized spacial score (nSPS) is 10.3. The molecule has 0 radical (unpaired) electrons. The van der Waals surface area contributed by atoms with Gasteiger partial charge in [0.25, 0.3) is 11.8 Å². The molecule has 0 aliphatic carbocycles. The van der Waals surface area contributed by atoms with Gasteiger partial charge < -0.3 is 14.2 Å². The zero-order chi connectivity index (χ0) is 22.6. The van der Waals surface area contributed by atoms with Crippen molar-refractivity contribution in [1.82, 2.24) is 10.9 Å². The molecule has 2 amide bonds. The van der Waals surface area contributed by atoms with Crippen LogP contribution in [0.1, 0.15) is 47.9 Å². The van der Waals surface area contributed by atoms with E-state index in [1.165, 1.54) is 0 Å².